The molecule has 0 amide bonds. The molecule has 0 radical (unpaired) electrons. The normalized spacial score (nSPS) is 11.3. The van der Waals surface area contributed by atoms with Crippen LogP contribution >= 0.6 is 0 Å². The Morgan fingerprint density at radius 1 is 1.11 bits per heavy atom. The molecule has 0 spiro atoms. The van der Waals surface area contributed by atoms with Gasteiger partial charge in [0.25, 0.3) is 0 Å². The van der Waals surface area contributed by atoms with Crippen molar-refractivity contribution in [1.82, 2.24) is 0 Å². The molecule has 9 heavy (non-hydrogen) atoms. The van der Waals surface area contributed by atoms with E-state index in [0.29, 0.717) is 0 Å². The van der Waals surface area contributed by atoms with Crippen LogP contribution in [-0.4, -0.2) is 16.9 Å². The summed E-state index contributed by atoms with van der Waals surface area (Å²) in [6, 6.07) is 0. The molecule has 0 N–H and O–H groups in total. The SMILES string of the molecule is C[Si-](C)C[Si](C)(C)C.[Li+]. The van der Waals surface area contributed by atoms with Gasteiger partial charge in [-0.25, -0.2) is 0 Å². The van der Waals surface area contributed by atoms with E-state index in [0.717, 1.165) is 0 Å². The van der Waals surface area contributed by atoms with Crippen LogP contribution < -0.4 is 18.9 Å². The quantitative estimate of drug-likeness (QED) is 0.473. The van der Waals surface area contributed by atoms with Crippen molar-refractivity contribution in [1.29, 1.82) is 0 Å². The van der Waals surface area contributed by atoms with Crippen LogP contribution in [0.4, 0.5) is 0 Å². The molecule has 0 saturated carbocycles. The van der Waals surface area contributed by atoms with Gasteiger partial charge >= 0.3 is 18.9 Å². The summed E-state index contributed by atoms with van der Waals surface area (Å²) in [5, 5.41) is 0. The molecule has 0 aromatic carbocycles. The maximum Gasteiger partial charge on any atom is 1.00 e. The second-order valence-electron chi connectivity index (χ2n) is 3.94. The average Bonchev–Trinajstić information content (AvgIpc) is 1.21. The van der Waals surface area contributed by atoms with Gasteiger partial charge in [-0.15, -0.1) is 0 Å². The fraction of sp³-hybridized carbons (Fsp3) is 1.00. The van der Waals surface area contributed by atoms with Crippen LogP contribution in [-0.2, 0) is 0 Å². The summed E-state index contributed by atoms with van der Waals surface area (Å²) in [5.74, 6) is 0. The van der Waals surface area contributed by atoms with E-state index in [1.165, 1.54) is 0 Å². The smallest absolute Gasteiger partial charge is 0.270 e. The summed E-state index contributed by atoms with van der Waals surface area (Å²) in [6.45, 7) is 12.2. The van der Waals surface area contributed by atoms with Crippen molar-refractivity contribution in [3.8, 4) is 0 Å². The first kappa shape index (κ1) is 12.7. The van der Waals surface area contributed by atoms with Crippen molar-refractivity contribution in [2.45, 2.75) is 38.4 Å². The number of hydrogen-bond donors (Lipinski definition) is 0. The van der Waals surface area contributed by atoms with Crippen molar-refractivity contribution in [3.63, 3.8) is 0 Å². The Morgan fingerprint density at radius 2 is 1.44 bits per heavy atom. The van der Waals surface area contributed by atoms with Crippen molar-refractivity contribution in [2.24, 2.45) is 0 Å². The summed E-state index contributed by atoms with van der Waals surface area (Å²) < 4.78 is 0. The van der Waals surface area contributed by atoms with Gasteiger partial charge in [-0.2, -0.15) is 18.8 Å². The second-order valence-corrected chi connectivity index (χ2v) is 12.9. The zero-order valence-corrected chi connectivity index (χ0v) is 9.71. The predicted molar refractivity (Wildman–Crippen MR) is 45.6 cm³/mol. The van der Waals surface area contributed by atoms with Gasteiger partial charge in [-0.1, -0.05) is 19.6 Å². The van der Waals surface area contributed by atoms with E-state index in [2.05, 4.69) is 32.7 Å². The monoisotopic (exact) mass is 152 g/mol. The molecule has 0 unspecified atom stereocenters. The molecule has 0 fully saturated rings. The molecule has 0 rings (SSSR count). The van der Waals surface area contributed by atoms with Gasteiger partial charge in [0.05, 0.1) is 0 Å². The standard InChI is InChI=1S/C6H17Si2.Li/c1-7(2)6-8(3,4)5;/h6H2,1-5H3;/q-1;+1. The van der Waals surface area contributed by atoms with Gasteiger partial charge in [-0.05, 0) is 0 Å². The number of rotatable bonds is 2. The molecule has 0 aliphatic heterocycles. The van der Waals surface area contributed by atoms with Crippen molar-refractivity contribution in [3.05, 3.63) is 0 Å². The van der Waals surface area contributed by atoms with Crippen LogP contribution in [0.3, 0.4) is 0 Å². The molecule has 0 bridgehead atoms. The zero-order valence-electron chi connectivity index (χ0n) is 7.71. The maximum absolute atomic E-state index is 2.45. The molecular formula is C6H17LiSi2. The summed E-state index contributed by atoms with van der Waals surface area (Å²) in [4.78, 5) is 0. The fourth-order valence-electron chi connectivity index (χ4n) is 1.06. The second kappa shape index (κ2) is 4.79. The Balaban J connectivity index is 0. The van der Waals surface area contributed by atoms with Crippen LogP contribution in [0.5, 0.6) is 0 Å². The predicted octanol–water partition coefficient (Wildman–Crippen LogP) is -0.378. The number of hydrogen-bond acceptors (Lipinski definition) is 0. The minimum absolute atomic E-state index is 0. The maximum atomic E-state index is 2.45. The van der Waals surface area contributed by atoms with E-state index in [1.807, 2.05) is 0 Å². The van der Waals surface area contributed by atoms with Gasteiger partial charge in [-0.3, -0.25) is 8.80 Å². The van der Waals surface area contributed by atoms with Crippen molar-refractivity contribution in [2.75, 3.05) is 0 Å². The fourth-order valence-corrected chi connectivity index (χ4v) is 9.55. The summed E-state index contributed by atoms with van der Waals surface area (Å²) in [5.41, 5.74) is 1.57. The van der Waals surface area contributed by atoms with Gasteiger partial charge < -0.3 is 0 Å². The van der Waals surface area contributed by atoms with Gasteiger partial charge in [0.2, 0.25) is 0 Å². The third-order valence-corrected chi connectivity index (χ3v) is 7.95. The minimum Gasteiger partial charge on any atom is -0.270 e. The third kappa shape index (κ3) is 12.3. The molecule has 3 heteroatoms. The first-order chi connectivity index (χ1) is 3.42. The third-order valence-electron chi connectivity index (χ3n) is 0.884. The van der Waals surface area contributed by atoms with E-state index >= 15 is 0 Å². The Morgan fingerprint density at radius 3 is 1.44 bits per heavy atom. The molecule has 0 atom stereocenters. The molecule has 0 saturated heterocycles. The molecule has 0 aliphatic carbocycles. The first-order valence-corrected chi connectivity index (χ1v) is 9.62. The molecule has 0 heterocycles. The van der Waals surface area contributed by atoms with Crippen LogP contribution in [0.2, 0.25) is 38.4 Å². The Kier molecular flexibility index (Phi) is 6.75. The topological polar surface area (TPSA) is 0 Å². The molecule has 0 nitrogen and oxygen atoms in total. The van der Waals surface area contributed by atoms with E-state index in [9.17, 15) is 0 Å². The summed E-state index contributed by atoms with van der Waals surface area (Å²) in [6.07, 6.45) is 0. The van der Waals surface area contributed by atoms with Crippen molar-refractivity contribution >= 4 is 16.9 Å². The van der Waals surface area contributed by atoms with Crippen LogP contribution in [0, 0.1) is 0 Å². The van der Waals surface area contributed by atoms with Gasteiger partial charge in [0.1, 0.15) is 0 Å². The molecule has 0 aliphatic rings. The Hall–Kier alpha value is 1.03. The van der Waals surface area contributed by atoms with Gasteiger partial charge in [0.15, 0.2) is 0 Å². The minimum atomic E-state index is -0.675. The van der Waals surface area contributed by atoms with E-state index < -0.39 is 8.07 Å². The van der Waals surface area contributed by atoms with Gasteiger partial charge in [0, 0.05) is 8.07 Å². The van der Waals surface area contributed by atoms with E-state index in [-0.39, 0.29) is 27.7 Å². The Labute approximate surface area is 74.2 Å². The van der Waals surface area contributed by atoms with Crippen LogP contribution in [0.15, 0.2) is 0 Å². The average molecular weight is 152 g/mol. The van der Waals surface area contributed by atoms with Crippen molar-refractivity contribution < 1.29 is 18.9 Å². The molecule has 50 valence electrons. The molecule has 0 aromatic rings. The largest absolute Gasteiger partial charge is 1.00 e. The van der Waals surface area contributed by atoms with E-state index in [4.69, 9.17) is 0 Å². The van der Waals surface area contributed by atoms with E-state index in [1.54, 1.807) is 5.67 Å². The molecular weight excluding hydrogens is 135 g/mol. The Bertz CT molecular complexity index is 65.9. The first-order valence-electron chi connectivity index (χ1n) is 3.21. The zero-order chi connectivity index (χ0) is 6.78. The van der Waals surface area contributed by atoms with Crippen LogP contribution in [0.1, 0.15) is 0 Å². The summed E-state index contributed by atoms with van der Waals surface area (Å²) >= 11 is 0. The molecule has 0 aromatic heterocycles. The summed E-state index contributed by atoms with van der Waals surface area (Å²) in [7, 11) is -0.605. The van der Waals surface area contributed by atoms with Crippen LogP contribution in [0.25, 0.3) is 0 Å².